The van der Waals surface area contributed by atoms with Crippen LogP contribution in [0.15, 0.2) is 24.3 Å². The molecular weight excluding hydrogens is 295 g/mol. The molecule has 0 spiro atoms. The second-order valence-corrected chi connectivity index (χ2v) is 6.21. The van der Waals surface area contributed by atoms with Crippen LogP contribution in [0.2, 0.25) is 0 Å². The fourth-order valence-electron chi connectivity index (χ4n) is 2.65. The van der Waals surface area contributed by atoms with Gasteiger partial charge < -0.3 is 15.1 Å². The molecule has 1 aliphatic heterocycles. The predicted molar refractivity (Wildman–Crippen MR) is 91.2 cm³/mol. The molecule has 0 unspecified atom stereocenters. The summed E-state index contributed by atoms with van der Waals surface area (Å²) < 4.78 is 13.0. The molecule has 1 amide bonds. The summed E-state index contributed by atoms with van der Waals surface area (Å²) in [7, 11) is 3.99. The minimum absolute atomic E-state index is 0.118. The number of rotatable bonds is 7. The third-order valence-electron chi connectivity index (χ3n) is 4.10. The summed E-state index contributed by atoms with van der Waals surface area (Å²) in [4.78, 5) is 18.4. The molecule has 1 heterocycles. The number of benzene rings is 1. The first-order chi connectivity index (χ1) is 11.0. The van der Waals surface area contributed by atoms with Crippen LogP contribution in [0.5, 0.6) is 0 Å². The highest BCUT2D eigenvalue weighted by atomic mass is 19.1. The Bertz CT molecular complexity index is 484. The molecule has 6 heteroatoms. The van der Waals surface area contributed by atoms with Crippen molar-refractivity contribution < 1.29 is 9.18 Å². The van der Waals surface area contributed by atoms with Gasteiger partial charge in [-0.2, -0.15) is 0 Å². The lowest BCUT2D eigenvalue weighted by Crippen LogP contribution is -2.47. The number of halogens is 1. The van der Waals surface area contributed by atoms with Crippen molar-refractivity contribution in [2.45, 2.75) is 6.42 Å². The molecule has 128 valence electrons. The van der Waals surface area contributed by atoms with Crippen LogP contribution >= 0.6 is 0 Å². The maximum absolute atomic E-state index is 13.0. The standard InChI is InChI=1S/C17H27FN4O/c1-20(2)10-8-19-17(23)7-9-21-11-13-22(14-12-21)16-5-3-15(18)4-6-16/h3-6H,7-14H2,1-2H3,(H,19,23). The first-order valence-corrected chi connectivity index (χ1v) is 8.19. The van der Waals surface area contributed by atoms with E-state index in [0.717, 1.165) is 45.0 Å². The van der Waals surface area contributed by atoms with Gasteiger partial charge in [-0.05, 0) is 38.4 Å². The number of amides is 1. The van der Waals surface area contributed by atoms with E-state index in [2.05, 4.69) is 20.0 Å². The topological polar surface area (TPSA) is 38.8 Å². The Morgan fingerprint density at radius 3 is 2.43 bits per heavy atom. The highest BCUT2D eigenvalue weighted by Crippen LogP contribution is 2.16. The lowest BCUT2D eigenvalue weighted by atomic mass is 10.2. The molecule has 0 saturated carbocycles. The summed E-state index contributed by atoms with van der Waals surface area (Å²) in [6, 6.07) is 6.64. The molecule has 0 aliphatic carbocycles. The Kier molecular flexibility index (Phi) is 6.80. The van der Waals surface area contributed by atoms with Crippen molar-refractivity contribution in [2.75, 3.05) is 64.8 Å². The third kappa shape index (κ3) is 6.15. The molecular formula is C17H27FN4O. The molecule has 0 bridgehead atoms. The molecule has 0 atom stereocenters. The summed E-state index contributed by atoms with van der Waals surface area (Å²) in [5.74, 6) is -0.0829. The minimum atomic E-state index is -0.201. The summed E-state index contributed by atoms with van der Waals surface area (Å²) in [5.41, 5.74) is 1.06. The molecule has 1 saturated heterocycles. The number of carbonyl (C=O) groups is 1. The largest absolute Gasteiger partial charge is 0.369 e. The molecule has 2 rings (SSSR count). The van der Waals surface area contributed by atoms with Gasteiger partial charge in [-0.1, -0.05) is 0 Å². The van der Waals surface area contributed by atoms with E-state index in [1.54, 1.807) is 0 Å². The highest BCUT2D eigenvalue weighted by molar-refractivity contribution is 5.76. The first-order valence-electron chi connectivity index (χ1n) is 8.19. The number of nitrogens with zero attached hydrogens (tertiary/aromatic N) is 3. The van der Waals surface area contributed by atoms with E-state index in [1.807, 2.05) is 26.2 Å². The van der Waals surface area contributed by atoms with Crippen LogP contribution in [0.25, 0.3) is 0 Å². The number of piperazine rings is 1. The zero-order valence-electron chi connectivity index (χ0n) is 14.1. The normalized spacial score (nSPS) is 15.9. The Labute approximate surface area is 138 Å². The quantitative estimate of drug-likeness (QED) is 0.813. The van der Waals surface area contributed by atoms with Crippen LogP contribution in [0, 0.1) is 5.82 Å². The van der Waals surface area contributed by atoms with Gasteiger partial charge in [0, 0.05) is 57.9 Å². The van der Waals surface area contributed by atoms with E-state index in [1.165, 1.54) is 12.1 Å². The van der Waals surface area contributed by atoms with Crippen molar-refractivity contribution in [3.05, 3.63) is 30.1 Å². The average Bonchev–Trinajstić information content (AvgIpc) is 2.54. The number of hydrogen-bond donors (Lipinski definition) is 1. The van der Waals surface area contributed by atoms with Gasteiger partial charge in [0.05, 0.1) is 0 Å². The smallest absolute Gasteiger partial charge is 0.221 e. The maximum Gasteiger partial charge on any atom is 0.221 e. The predicted octanol–water partition coefficient (Wildman–Crippen LogP) is 1.02. The van der Waals surface area contributed by atoms with Crippen molar-refractivity contribution in [2.24, 2.45) is 0 Å². The third-order valence-corrected chi connectivity index (χ3v) is 4.10. The van der Waals surface area contributed by atoms with Gasteiger partial charge in [0.15, 0.2) is 0 Å². The van der Waals surface area contributed by atoms with Crippen molar-refractivity contribution in [1.29, 1.82) is 0 Å². The fraction of sp³-hybridized carbons (Fsp3) is 0.588. The van der Waals surface area contributed by atoms with Crippen LogP contribution in [-0.2, 0) is 4.79 Å². The Balaban J connectivity index is 1.64. The lowest BCUT2D eigenvalue weighted by Gasteiger charge is -2.36. The molecule has 0 radical (unpaired) electrons. The van der Waals surface area contributed by atoms with Gasteiger partial charge in [-0.25, -0.2) is 4.39 Å². The summed E-state index contributed by atoms with van der Waals surface area (Å²) >= 11 is 0. The average molecular weight is 322 g/mol. The van der Waals surface area contributed by atoms with Gasteiger partial charge in [-0.15, -0.1) is 0 Å². The summed E-state index contributed by atoms with van der Waals surface area (Å²) in [6.45, 7) is 6.05. The van der Waals surface area contributed by atoms with Gasteiger partial charge in [0.25, 0.3) is 0 Å². The van der Waals surface area contributed by atoms with E-state index in [-0.39, 0.29) is 11.7 Å². The number of likely N-dealkylation sites (N-methyl/N-ethyl adjacent to an activating group) is 1. The molecule has 1 fully saturated rings. The lowest BCUT2D eigenvalue weighted by molar-refractivity contribution is -0.121. The molecule has 1 N–H and O–H groups in total. The van der Waals surface area contributed by atoms with E-state index in [0.29, 0.717) is 13.0 Å². The Morgan fingerprint density at radius 2 is 1.83 bits per heavy atom. The van der Waals surface area contributed by atoms with Crippen LogP contribution in [0.1, 0.15) is 6.42 Å². The number of anilines is 1. The van der Waals surface area contributed by atoms with Gasteiger partial charge in [0.1, 0.15) is 5.82 Å². The van der Waals surface area contributed by atoms with Crippen molar-refractivity contribution in [1.82, 2.24) is 15.1 Å². The molecule has 5 nitrogen and oxygen atoms in total. The van der Waals surface area contributed by atoms with Crippen molar-refractivity contribution >= 4 is 11.6 Å². The second-order valence-electron chi connectivity index (χ2n) is 6.21. The maximum atomic E-state index is 13.0. The van der Waals surface area contributed by atoms with Gasteiger partial charge in [-0.3, -0.25) is 9.69 Å². The zero-order valence-corrected chi connectivity index (χ0v) is 14.1. The summed E-state index contributed by atoms with van der Waals surface area (Å²) in [5, 5.41) is 2.94. The zero-order chi connectivity index (χ0) is 16.7. The second kappa shape index (κ2) is 8.84. The molecule has 1 aromatic carbocycles. The fourth-order valence-corrected chi connectivity index (χ4v) is 2.65. The van der Waals surface area contributed by atoms with E-state index >= 15 is 0 Å². The van der Waals surface area contributed by atoms with Crippen molar-refractivity contribution in [3.8, 4) is 0 Å². The van der Waals surface area contributed by atoms with Crippen LogP contribution in [0.3, 0.4) is 0 Å². The molecule has 23 heavy (non-hydrogen) atoms. The van der Waals surface area contributed by atoms with Gasteiger partial charge in [0.2, 0.25) is 5.91 Å². The molecule has 1 aliphatic rings. The number of hydrogen-bond acceptors (Lipinski definition) is 4. The highest BCUT2D eigenvalue weighted by Gasteiger charge is 2.17. The minimum Gasteiger partial charge on any atom is -0.369 e. The van der Waals surface area contributed by atoms with E-state index in [9.17, 15) is 9.18 Å². The van der Waals surface area contributed by atoms with Crippen LogP contribution < -0.4 is 10.2 Å². The number of carbonyl (C=O) groups excluding carboxylic acids is 1. The Hall–Kier alpha value is -1.66. The molecule has 1 aromatic rings. The first kappa shape index (κ1) is 17.7. The molecule has 0 aromatic heterocycles. The number of nitrogens with one attached hydrogen (secondary N) is 1. The van der Waals surface area contributed by atoms with Crippen LogP contribution in [-0.4, -0.2) is 75.6 Å². The SMILES string of the molecule is CN(C)CCNC(=O)CCN1CCN(c2ccc(F)cc2)CC1. The summed E-state index contributed by atoms with van der Waals surface area (Å²) in [6.07, 6.45) is 0.546. The van der Waals surface area contributed by atoms with Crippen LogP contribution in [0.4, 0.5) is 10.1 Å². The van der Waals surface area contributed by atoms with Gasteiger partial charge >= 0.3 is 0 Å². The monoisotopic (exact) mass is 322 g/mol. The Morgan fingerprint density at radius 1 is 1.17 bits per heavy atom. The van der Waals surface area contributed by atoms with E-state index < -0.39 is 0 Å². The van der Waals surface area contributed by atoms with E-state index in [4.69, 9.17) is 0 Å². The van der Waals surface area contributed by atoms with Crippen molar-refractivity contribution in [3.63, 3.8) is 0 Å².